The molecule has 2 heterocycles. The summed E-state index contributed by atoms with van der Waals surface area (Å²) in [4.78, 5) is 6.98. The Labute approximate surface area is 115 Å². The van der Waals surface area contributed by atoms with Gasteiger partial charge in [0.2, 0.25) is 0 Å². The van der Waals surface area contributed by atoms with Crippen LogP contribution in [-0.2, 0) is 6.54 Å². The number of aliphatic hydroxyl groups excluding tert-OH is 1. The predicted molar refractivity (Wildman–Crippen MR) is 74.9 cm³/mol. The molecule has 3 rings (SSSR count). The molecule has 1 N–H and O–H groups in total. The number of hydrogen-bond acceptors (Lipinski definition) is 3. The van der Waals surface area contributed by atoms with E-state index in [9.17, 15) is 5.11 Å². The maximum absolute atomic E-state index is 11.0. The third-order valence-electron chi connectivity index (χ3n) is 5.05. The fraction of sp³-hybridized carbons (Fsp3) is 0.800. The molecule has 1 aromatic rings. The Hall–Kier alpha value is -0.870. The van der Waals surface area contributed by atoms with Gasteiger partial charge in [-0.1, -0.05) is 12.8 Å². The Morgan fingerprint density at radius 1 is 1.26 bits per heavy atom. The molecule has 2 fully saturated rings. The van der Waals surface area contributed by atoms with Gasteiger partial charge in [0.05, 0.1) is 5.54 Å². The molecule has 1 atom stereocenters. The molecule has 0 aromatic carbocycles. The van der Waals surface area contributed by atoms with Gasteiger partial charge in [-0.05, 0) is 45.7 Å². The van der Waals surface area contributed by atoms with Crippen molar-refractivity contribution in [3.05, 3.63) is 18.2 Å². The topological polar surface area (TPSA) is 41.3 Å². The van der Waals surface area contributed by atoms with Gasteiger partial charge < -0.3 is 9.67 Å². The van der Waals surface area contributed by atoms with E-state index in [0.29, 0.717) is 0 Å². The molecule has 0 amide bonds. The zero-order valence-electron chi connectivity index (χ0n) is 11.9. The second kappa shape index (κ2) is 5.25. The summed E-state index contributed by atoms with van der Waals surface area (Å²) >= 11 is 0. The van der Waals surface area contributed by atoms with Gasteiger partial charge in [-0.15, -0.1) is 0 Å². The summed E-state index contributed by atoms with van der Waals surface area (Å²) in [7, 11) is 0. The molecule has 2 aliphatic rings. The van der Waals surface area contributed by atoms with Gasteiger partial charge >= 0.3 is 0 Å². The maximum atomic E-state index is 11.0. The molecule has 4 heteroatoms. The van der Waals surface area contributed by atoms with Crippen LogP contribution in [0.4, 0.5) is 0 Å². The summed E-state index contributed by atoms with van der Waals surface area (Å²) in [5.74, 6) is 0.858. The first-order valence-corrected chi connectivity index (χ1v) is 7.72. The van der Waals surface area contributed by atoms with E-state index in [1.54, 1.807) is 0 Å². The maximum Gasteiger partial charge on any atom is 0.139 e. The SMILES string of the molecule is CCn1ccnc1C(O)C1(N2CCCC2)CCCC1. The molecular formula is C15H25N3O. The van der Waals surface area contributed by atoms with E-state index >= 15 is 0 Å². The van der Waals surface area contributed by atoms with Crippen molar-refractivity contribution in [3.8, 4) is 0 Å². The van der Waals surface area contributed by atoms with Crippen molar-refractivity contribution in [2.75, 3.05) is 13.1 Å². The molecule has 0 radical (unpaired) electrons. The van der Waals surface area contributed by atoms with Crippen LogP contribution in [0.3, 0.4) is 0 Å². The Kier molecular flexibility index (Phi) is 3.63. The van der Waals surface area contributed by atoms with Crippen molar-refractivity contribution in [2.45, 2.75) is 63.6 Å². The van der Waals surface area contributed by atoms with E-state index in [0.717, 1.165) is 38.3 Å². The minimum atomic E-state index is -0.442. The van der Waals surface area contributed by atoms with Gasteiger partial charge in [0.15, 0.2) is 0 Å². The fourth-order valence-electron chi connectivity index (χ4n) is 3.99. The fourth-order valence-corrected chi connectivity index (χ4v) is 3.99. The summed E-state index contributed by atoms with van der Waals surface area (Å²) in [5, 5.41) is 11.0. The zero-order valence-corrected chi connectivity index (χ0v) is 11.9. The Morgan fingerprint density at radius 2 is 1.95 bits per heavy atom. The average Bonchev–Trinajstić information content (AvgIpc) is 3.16. The lowest BCUT2D eigenvalue weighted by atomic mass is 9.87. The highest BCUT2D eigenvalue weighted by Crippen LogP contribution is 2.45. The molecule has 1 saturated heterocycles. The summed E-state index contributed by atoms with van der Waals surface area (Å²) in [5.41, 5.74) is -0.0469. The number of aliphatic hydroxyl groups is 1. The minimum absolute atomic E-state index is 0.0469. The van der Waals surface area contributed by atoms with Crippen molar-refractivity contribution in [2.24, 2.45) is 0 Å². The van der Waals surface area contributed by atoms with Gasteiger partial charge in [-0.3, -0.25) is 4.90 Å². The molecule has 1 saturated carbocycles. The lowest BCUT2D eigenvalue weighted by Gasteiger charge is -2.42. The predicted octanol–water partition coefficient (Wildman–Crippen LogP) is 2.35. The summed E-state index contributed by atoms with van der Waals surface area (Å²) in [6.45, 7) is 5.27. The number of aryl methyl sites for hydroxylation is 1. The molecule has 4 nitrogen and oxygen atoms in total. The zero-order chi connectivity index (χ0) is 13.3. The number of imidazole rings is 1. The van der Waals surface area contributed by atoms with E-state index in [1.165, 1.54) is 25.7 Å². The lowest BCUT2D eigenvalue weighted by Crippen LogP contribution is -2.50. The molecule has 1 aliphatic heterocycles. The first kappa shape index (κ1) is 13.1. The summed E-state index contributed by atoms with van der Waals surface area (Å²) in [6, 6.07) is 0. The minimum Gasteiger partial charge on any atom is -0.383 e. The first-order valence-electron chi connectivity index (χ1n) is 7.72. The molecular weight excluding hydrogens is 238 g/mol. The van der Waals surface area contributed by atoms with Gasteiger partial charge in [-0.25, -0.2) is 4.98 Å². The van der Waals surface area contributed by atoms with E-state index < -0.39 is 6.10 Å². The average molecular weight is 263 g/mol. The van der Waals surface area contributed by atoms with Crippen molar-refractivity contribution in [3.63, 3.8) is 0 Å². The molecule has 0 spiro atoms. The Bertz CT molecular complexity index is 417. The van der Waals surface area contributed by atoms with Gasteiger partial charge in [0.25, 0.3) is 0 Å². The third-order valence-corrected chi connectivity index (χ3v) is 5.05. The van der Waals surface area contributed by atoms with E-state index in [4.69, 9.17) is 0 Å². The molecule has 106 valence electrons. The van der Waals surface area contributed by atoms with Gasteiger partial charge in [0, 0.05) is 18.9 Å². The second-order valence-electron chi connectivity index (χ2n) is 5.98. The molecule has 1 aromatic heterocycles. The van der Waals surface area contributed by atoms with E-state index in [-0.39, 0.29) is 5.54 Å². The van der Waals surface area contributed by atoms with Gasteiger partial charge in [0.1, 0.15) is 11.9 Å². The Balaban J connectivity index is 1.91. The van der Waals surface area contributed by atoms with E-state index in [1.807, 2.05) is 12.4 Å². The van der Waals surface area contributed by atoms with Crippen LogP contribution in [0.25, 0.3) is 0 Å². The van der Waals surface area contributed by atoms with Crippen LogP contribution in [0.1, 0.15) is 57.4 Å². The van der Waals surface area contributed by atoms with Crippen LogP contribution in [0, 0.1) is 0 Å². The van der Waals surface area contributed by atoms with Crippen LogP contribution >= 0.6 is 0 Å². The highest BCUT2D eigenvalue weighted by Gasteiger charge is 2.48. The van der Waals surface area contributed by atoms with Crippen LogP contribution in [0.15, 0.2) is 12.4 Å². The number of hydrogen-bond donors (Lipinski definition) is 1. The second-order valence-corrected chi connectivity index (χ2v) is 5.98. The first-order chi connectivity index (χ1) is 9.28. The van der Waals surface area contributed by atoms with Gasteiger partial charge in [-0.2, -0.15) is 0 Å². The highest BCUT2D eigenvalue weighted by molar-refractivity contribution is 5.10. The summed E-state index contributed by atoms with van der Waals surface area (Å²) in [6.07, 6.45) is 10.6. The summed E-state index contributed by atoms with van der Waals surface area (Å²) < 4.78 is 2.08. The standard InChI is InChI=1S/C15H25N3O/c1-2-17-12-9-16-14(17)13(19)15(7-3-4-8-15)18-10-5-6-11-18/h9,12-13,19H,2-8,10-11H2,1H3. The van der Waals surface area contributed by atoms with Crippen molar-refractivity contribution in [1.82, 2.24) is 14.5 Å². The van der Waals surface area contributed by atoms with Crippen molar-refractivity contribution >= 4 is 0 Å². The van der Waals surface area contributed by atoms with Crippen LogP contribution < -0.4 is 0 Å². The van der Waals surface area contributed by atoms with Crippen molar-refractivity contribution < 1.29 is 5.11 Å². The number of nitrogens with zero attached hydrogens (tertiary/aromatic N) is 3. The highest BCUT2D eigenvalue weighted by atomic mass is 16.3. The van der Waals surface area contributed by atoms with Crippen molar-refractivity contribution in [1.29, 1.82) is 0 Å². The monoisotopic (exact) mass is 263 g/mol. The Morgan fingerprint density at radius 3 is 2.58 bits per heavy atom. The smallest absolute Gasteiger partial charge is 0.139 e. The van der Waals surface area contributed by atoms with E-state index in [2.05, 4.69) is 21.4 Å². The van der Waals surface area contributed by atoms with Crippen LogP contribution in [-0.4, -0.2) is 38.2 Å². The number of likely N-dealkylation sites (tertiary alicyclic amines) is 1. The normalized spacial score (nSPS) is 24.9. The third kappa shape index (κ3) is 2.11. The molecule has 19 heavy (non-hydrogen) atoms. The number of aromatic nitrogens is 2. The van der Waals surface area contributed by atoms with Crippen LogP contribution in [0.5, 0.6) is 0 Å². The molecule has 0 bridgehead atoms. The molecule has 1 unspecified atom stereocenters. The lowest BCUT2D eigenvalue weighted by molar-refractivity contribution is -0.0260. The largest absolute Gasteiger partial charge is 0.383 e. The van der Waals surface area contributed by atoms with Crippen LogP contribution in [0.2, 0.25) is 0 Å². The number of rotatable bonds is 4. The quantitative estimate of drug-likeness (QED) is 0.906. The molecule has 1 aliphatic carbocycles.